The molecule has 5 nitrogen and oxygen atoms in total. The van der Waals surface area contributed by atoms with Crippen molar-refractivity contribution in [2.75, 3.05) is 6.61 Å². The Morgan fingerprint density at radius 1 is 1.36 bits per heavy atom. The lowest BCUT2D eigenvalue weighted by Gasteiger charge is -2.04. The predicted molar refractivity (Wildman–Crippen MR) is 51.6 cm³/mol. The zero-order valence-electron chi connectivity index (χ0n) is 8.48. The van der Waals surface area contributed by atoms with E-state index in [1.807, 2.05) is 0 Å². The minimum Gasteiger partial charge on any atom is -0.394 e. The van der Waals surface area contributed by atoms with Crippen molar-refractivity contribution in [1.29, 1.82) is 0 Å². The van der Waals surface area contributed by atoms with Crippen LogP contribution in [0.5, 0.6) is 0 Å². The van der Waals surface area contributed by atoms with E-state index in [4.69, 9.17) is 10.2 Å². The summed E-state index contributed by atoms with van der Waals surface area (Å²) < 4.78 is 1.67. The average Bonchev–Trinajstić information content (AvgIpc) is 2.58. The van der Waals surface area contributed by atoms with Crippen LogP contribution < -0.4 is 0 Å². The second-order valence-electron chi connectivity index (χ2n) is 3.19. The highest BCUT2D eigenvalue weighted by atomic mass is 16.3. The largest absolute Gasteiger partial charge is 0.394 e. The molecule has 0 unspecified atom stereocenters. The third-order valence-corrected chi connectivity index (χ3v) is 2.15. The van der Waals surface area contributed by atoms with Gasteiger partial charge in [-0.3, -0.25) is 0 Å². The molecular formula is C9H17N3O2. The van der Waals surface area contributed by atoms with Crippen molar-refractivity contribution in [3.05, 3.63) is 11.4 Å². The van der Waals surface area contributed by atoms with E-state index in [2.05, 4.69) is 17.2 Å². The molecule has 80 valence electrons. The van der Waals surface area contributed by atoms with Crippen molar-refractivity contribution in [3.63, 3.8) is 0 Å². The fourth-order valence-electron chi connectivity index (χ4n) is 1.38. The molecule has 0 aromatic carbocycles. The lowest BCUT2D eigenvalue weighted by atomic mass is 10.1. The first kappa shape index (κ1) is 11.1. The molecule has 14 heavy (non-hydrogen) atoms. The summed E-state index contributed by atoms with van der Waals surface area (Å²) in [5, 5.41) is 25.6. The highest BCUT2D eigenvalue weighted by molar-refractivity contribution is 5.09. The molecule has 1 aromatic rings. The average molecular weight is 199 g/mol. The monoisotopic (exact) mass is 199 g/mol. The molecule has 5 heteroatoms. The molecule has 2 N–H and O–H groups in total. The summed E-state index contributed by atoms with van der Waals surface area (Å²) in [7, 11) is 0. The molecule has 0 atom stereocenters. The molecule has 0 aliphatic carbocycles. The summed E-state index contributed by atoms with van der Waals surface area (Å²) in [5.74, 6) is 0. The molecule has 1 aromatic heterocycles. The van der Waals surface area contributed by atoms with Gasteiger partial charge in [-0.25, -0.2) is 4.68 Å². The summed E-state index contributed by atoms with van der Waals surface area (Å²) in [6, 6.07) is 0. The molecule has 0 saturated heterocycles. The van der Waals surface area contributed by atoms with E-state index in [0.29, 0.717) is 12.2 Å². The first-order chi connectivity index (χ1) is 6.83. The van der Waals surface area contributed by atoms with E-state index in [0.717, 1.165) is 25.0 Å². The molecule has 0 radical (unpaired) electrons. The van der Waals surface area contributed by atoms with E-state index in [1.165, 1.54) is 0 Å². The maximum Gasteiger partial charge on any atom is 0.111 e. The summed E-state index contributed by atoms with van der Waals surface area (Å²) in [6.45, 7) is 2.53. The minimum atomic E-state index is -0.0789. The second-order valence-corrected chi connectivity index (χ2v) is 3.19. The smallest absolute Gasteiger partial charge is 0.111 e. The first-order valence-corrected chi connectivity index (χ1v) is 4.96. The van der Waals surface area contributed by atoms with E-state index >= 15 is 0 Å². The van der Waals surface area contributed by atoms with Crippen LogP contribution in [-0.4, -0.2) is 31.8 Å². The van der Waals surface area contributed by atoms with Crippen LogP contribution in [0.4, 0.5) is 0 Å². The predicted octanol–water partition coefficient (Wildman–Crippen LogP) is 0.105. The highest BCUT2D eigenvalue weighted by Crippen LogP contribution is 2.09. The molecular weight excluding hydrogens is 182 g/mol. The number of rotatable bonds is 6. The van der Waals surface area contributed by atoms with Gasteiger partial charge >= 0.3 is 0 Å². The molecule has 0 saturated carbocycles. The van der Waals surface area contributed by atoms with Gasteiger partial charge in [-0.05, 0) is 12.8 Å². The Morgan fingerprint density at radius 2 is 2.14 bits per heavy atom. The third-order valence-electron chi connectivity index (χ3n) is 2.15. The quantitative estimate of drug-likeness (QED) is 0.682. The van der Waals surface area contributed by atoms with Gasteiger partial charge in [0.15, 0.2) is 0 Å². The van der Waals surface area contributed by atoms with E-state index in [1.54, 1.807) is 4.68 Å². The standard InChI is InChI=1S/C9H17N3O2/c1-2-3-4-9-8(7-14)10-11-12(9)5-6-13/h13-14H,2-7H2,1H3. The van der Waals surface area contributed by atoms with Crippen molar-refractivity contribution in [2.24, 2.45) is 0 Å². The van der Waals surface area contributed by atoms with Crippen molar-refractivity contribution in [3.8, 4) is 0 Å². The Kier molecular flexibility index (Phi) is 4.55. The summed E-state index contributed by atoms with van der Waals surface area (Å²) >= 11 is 0. The molecule has 0 spiro atoms. The maximum atomic E-state index is 9.02. The van der Waals surface area contributed by atoms with E-state index in [9.17, 15) is 0 Å². The SMILES string of the molecule is CCCCc1c(CO)nnn1CCO. The molecule has 0 aliphatic rings. The normalized spacial score (nSPS) is 10.8. The van der Waals surface area contributed by atoms with E-state index < -0.39 is 0 Å². The van der Waals surface area contributed by atoms with Gasteiger partial charge in [0.2, 0.25) is 0 Å². The molecule has 0 aliphatic heterocycles. The number of nitrogens with zero attached hydrogens (tertiary/aromatic N) is 3. The third kappa shape index (κ3) is 2.52. The highest BCUT2D eigenvalue weighted by Gasteiger charge is 2.10. The maximum absolute atomic E-state index is 9.02. The Labute approximate surface area is 83.4 Å². The Morgan fingerprint density at radius 3 is 2.71 bits per heavy atom. The van der Waals surface area contributed by atoms with Gasteiger partial charge in [0, 0.05) is 0 Å². The fraction of sp³-hybridized carbons (Fsp3) is 0.778. The number of aliphatic hydroxyl groups excluding tert-OH is 2. The van der Waals surface area contributed by atoms with Crippen molar-refractivity contribution in [1.82, 2.24) is 15.0 Å². The van der Waals surface area contributed by atoms with Crippen molar-refractivity contribution < 1.29 is 10.2 Å². The summed E-state index contributed by atoms with van der Waals surface area (Å²) in [4.78, 5) is 0. The number of hydrogen-bond donors (Lipinski definition) is 2. The van der Waals surface area contributed by atoms with Crippen LogP contribution in [0.3, 0.4) is 0 Å². The van der Waals surface area contributed by atoms with Gasteiger partial charge in [0.1, 0.15) is 5.69 Å². The van der Waals surface area contributed by atoms with Crippen LogP contribution in [0.1, 0.15) is 31.2 Å². The fourth-order valence-corrected chi connectivity index (χ4v) is 1.38. The molecule has 1 heterocycles. The number of hydrogen-bond acceptors (Lipinski definition) is 4. The molecule has 0 fully saturated rings. The summed E-state index contributed by atoms with van der Waals surface area (Å²) in [5.41, 5.74) is 1.58. The Bertz CT molecular complexity index is 273. The zero-order valence-corrected chi connectivity index (χ0v) is 8.48. The molecule has 0 bridgehead atoms. The number of aromatic nitrogens is 3. The van der Waals surface area contributed by atoms with Gasteiger partial charge in [-0.15, -0.1) is 5.10 Å². The van der Waals surface area contributed by atoms with Crippen molar-refractivity contribution >= 4 is 0 Å². The van der Waals surface area contributed by atoms with Crippen LogP contribution >= 0.6 is 0 Å². The van der Waals surface area contributed by atoms with Gasteiger partial charge in [0.05, 0.1) is 25.5 Å². The first-order valence-electron chi connectivity index (χ1n) is 4.96. The number of unbranched alkanes of at least 4 members (excludes halogenated alkanes) is 1. The van der Waals surface area contributed by atoms with Gasteiger partial charge in [0.25, 0.3) is 0 Å². The topological polar surface area (TPSA) is 71.2 Å². The minimum absolute atomic E-state index is 0.0490. The number of aliphatic hydroxyl groups is 2. The molecule has 0 amide bonds. The van der Waals surface area contributed by atoms with Gasteiger partial charge < -0.3 is 10.2 Å². The Balaban J connectivity index is 2.76. The second kappa shape index (κ2) is 5.72. The zero-order chi connectivity index (χ0) is 10.4. The van der Waals surface area contributed by atoms with Crippen molar-refractivity contribution in [2.45, 2.75) is 39.3 Å². The van der Waals surface area contributed by atoms with Crippen LogP contribution in [0.15, 0.2) is 0 Å². The Hall–Kier alpha value is -0.940. The van der Waals surface area contributed by atoms with Crippen LogP contribution in [0, 0.1) is 0 Å². The summed E-state index contributed by atoms with van der Waals surface area (Å²) in [6.07, 6.45) is 3.00. The van der Waals surface area contributed by atoms with Crippen LogP contribution in [0.2, 0.25) is 0 Å². The van der Waals surface area contributed by atoms with Crippen LogP contribution in [-0.2, 0) is 19.6 Å². The van der Waals surface area contributed by atoms with Crippen LogP contribution in [0.25, 0.3) is 0 Å². The lowest BCUT2D eigenvalue weighted by molar-refractivity contribution is 0.264. The lowest BCUT2D eigenvalue weighted by Crippen LogP contribution is -2.09. The van der Waals surface area contributed by atoms with E-state index in [-0.39, 0.29) is 13.2 Å². The van der Waals surface area contributed by atoms with Gasteiger partial charge in [-0.2, -0.15) is 0 Å². The van der Waals surface area contributed by atoms with Gasteiger partial charge in [-0.1, -0.05) is 18.6 Å². The molecule has 1 rings (SSSR count).